The van der Waals surface area contributed by atoms with E-state index in [1.165, 1.54) is 12.1 Å². The number of phenolic OH excluding ortho intramolecular Hbond substituents is 1. The highest BCUT2D eigenvalue weighted by Crippen LogP contribution is 2.31. The van der Waals surface area contributed by atoms with Crippen molar-refractivity contribution in [1.29, 1.82) is 0 Å². The lowest BCUT2D eigenvalue weighted by Crippen LogP contribution is -2.01. The molecule has 1 aromatic rings. The van der Waals surface area contributed by atoms with Gasteiger partial charge in [-0.2, -0.15) is 8.42 Å². The predicted octanol–water partition coefficient (Wildman–Crippen LogP) is 2.09. The van der Waals surface area contributed by atoms with Crippen molar-refractivity contribution in [2.45, 2.75) is 5.75 Å². The third-order valence-corrected chi connectivity index (χ3v) is 2.63. The van der Waals surface area contributed by atoms with Crippen LogP contribution < -0.4 is 0 Å². The molecule has 7 heteroatoms. The van der Waals surface area contributed by atoms with Crippen molar-refractivity contribution in [1.82, 2.24) is 0 Å². The van der Waals surface area contributed by atoms with Gasteiger partial charge in [0, 0.05) is 10.6 Å². The van der Waals surface area contributed by atoms with Crippen molar-refractivity contribution in [2.24, 2.45) is 0 Å². The van der Waals surface area contributed by atoms with Crippen LogP contribution in [-0.4, -0.2) is 18.1 Å². The maximum Gasteiger partial charge on any atom is 0.269 e. The number of hydrogen-bond acceptors (Lipinski definition) is 3. The van der Waals surface area contributed by atoms with Crippen LogP contribution in [0.4, 0.5) is 0 Å². The van der Waals surface area contributed by atoms with E-state index in [9.17, 15) is 13.5 Å². The van der Waals surface area contributed by atoms with Crippen molar-refractivity contribution < 1.29 is 18.1 Å². The Labute approximate surface area is 90.8 Å². The van der Waals surface area contributed by atoms with Crippen LogP contribution in [-0.2, 0) is 15.9 Å². The lowest BCUT2D eigenvalue weighted by Gasteiger charge is -2.04. The number of hydrogen-bond donors (Lipinski definition) is 2. The Bertz CT molecular complexity index is 455. The van der Waals surface area contributed by atoms with E-state index in [0.717, 1.165) is 0 Å². The number of benzene rings is 1. The molecule has 0 atom stereocenters. The van der Waals surface area contributed by atoms with Gasteiger partial charge in [-0.25, -0.2) is 0 Å². The van der Waals surface area contributed by atoms with Crippen LogP contribution in [0.5, 0.6) is 5.75 Å². The molecule has 1 aromatic carbocycles. The summed E-state index contributed by atoms with van der Waals surface area (Å²) in [5, 5.41) is 9.45. The van der Waals surface area contributed by atoms with Gasteiger partial charge in [-0.15, -0.1) is 0 Å². The van der Waals surface area contributed by atoms with Gasteiger partial charge in [-0.05, 0) is 12.1 Å². The first-order chi connectivity index (χ1) is 6.29. The zero-order valence-corrected chi connectivity index (χ0v) is 9.07. The summed E-state index contributed by atoms with van der Waals surface area (Å²) in [4.78, 5) is 0. The van der Waals surface area contributed by atoms with Gasteiger partial charge in [0.1, 0.15) is 11.5 Å². The summed E-state index contributed by atoms with van der Waals surface area (Å²) in [6.07, 6.45) is 0. The first-order valence-corrected chi connectivity index (χ1v) is 5.78. The van der Waals surface area contributed by atoms with Gasteiger partial charge in [0.25, 0.3) is 10.1 Å². The molecule has 0 heterocycles. The van der Waals surface area contributed by atoms with Gasteiger partial charge in [-0.1, -0.05) is 23.2 Å². The Balaban J connectivity index is 3.22. The van der Waals surface area contributed by atoms with E-state index in [1.807, 2.05) is 0 Å². The second-order valence-electron chi connectivity index (χ2n) is 2.62. The van der Waals surface area contributed by atoms with E-state index in [4.69, 9.17) is 27.8 Å². The summed E-state index contributed by atoms with van der Waals surface area (Å²) < 4.78 is 29.6. The molecule has 0 fully saturated rings. The number of aromatic hydroxyl groups is 1. The summed E-state index contributed by atoms with van der Waals surface area (Å²) in [6.45, 7) is 0. The van der Waals surface area contributed by atoms with Crippen LogP contribution in [0.3, 0.4) is 0 Å². The molecule has 14 heavy (non-hydrogen) atoms. The summed E-state index contributed by atoms with van der Waals surface area (Å²) in [6, 6.07) is 2.49. The Morgan fingerprint density at radius 2 is 1.86 bits per heavy atom. The molecule has 0 aliphatic carbocycles. The first kappa shape index (κ1) is 11.6. The van der Waals surface area contributed by atoms with Crippen LogP contribution in [0.1, 0.15) is 5.56 Å². The molecule has 0 saturated carbocycles. The molecule has 0 spiro atoms. The maximum atomic E-state index is 10.5. The van der Waals surface area contributed by atoms with Crippen molar-refractivity contribution in [3.8, 4) is 5.75 Å². The van der Waals surface area contributed by atoms with Crippen molar-refractivity contribution in [3.05, 3.63) is 27.7 Å². The normalized spacial score (nSPS) is 11.6. The second kappa shape index (κ2) is 3.94. The number of halogens is 2. The fraction of sp³-hybridized carbons (Fsp3) is 0.143. The third kappa shape index (κ3) is 3.02. The summed E-state index contributed by atoms with van der Waals surface area (Å²) in [7, 11) is -4.21. The van der Waals surface area contributed by atoms with Gasteiger partial charge < -0.3 is 5.11 Å². The summed E-state index contributed by atoms with van der Waals surface area (Å²) in [5.41, 5.74) is -0.0370. The van der Waals surface area contributed by atoms with Gasteiger partial charge in [0.2, 0.25) is 0 Å². The van der Waals surface area contributed by atoms with Gasteiger partial charge in [0.15, 0.2) is 0 Å². The minimum atomic E-state index is -4.21. The molecule has 0 unspecified atom stereocenters. The molecule has 0 radical (unpaired) electrons. The first-order valence-electron chi connectivity index (χ1n) is 3.41. The molecule has 2 N–H and O–H groups in total. The van der Waals surface area contributed by atoms with Crippen LogP contribution in [0.25, 0.3) is 0 Å². The van der Waals surface area contributed by atoms with Crippen LogP contribution >= 0.6 is 23.2 Å². The van der Waals surface area contributed by atoms with Gasteiger partial charge in [0.05, 0.1) is 5.02 Å². The molecule has 0 aliphatic rings. The minimum absolute atomic E-state index is 0.0370. The van der Waals surface area contributed by atoms with Crippen molar-refractivity contribution in [3.63, 3.8) is 0 Å². The molecule has 78 valence electrons. The Morgan fingerprint density at radius 3 is 2.36 bits per heavy atom. The van der Waals surface area contributed by atoms with E-state index < -0.39 is 21.6 Å². The van der Waals surface area contributed by atoms with E-state index in [0.29, 0.717) is 0 Å². The Morgan fingerprint density at radius 1 is 1.29 bits per heavy atom. The maximum absolute atomic E-state index is 10.5. The fourth-order valence-corrected chi connectivity index (χ4v) is 2.07. The predicted molar refractivity (Wildman–Crippen MR) is 53.4 cm³/mol. The summed E-state index contributed by atoms with van der Waals surface area (Å²) in [5.74, 6) is -1.12. The van der Waals surface area contributed by atoms with Crippen molar-refractivity contribution >= 4 is 33.3 Å². The highest BCUT2D eigenvalue weighted by Gasteiger charge is 2.14. The van der Waals surface area contributed by atoms with Crippen LogP contribution in [0.15, 0.2) is 12.1 Å². The molecule has 1 rings (SSSR count). The number of rotatable bonds is 2. The highest BCUT2D eigenvalue weighted by molar-refractivity contribution is 7.85. The van der Waals surface area contributed by atoms with Crippen LogP contribution in [0, 0.1) is 0 Å². The monoisotopic (exact) mass is 256 g/mol. The van der Waals surface area contributed by atoms with E-state index in [2.05, 4.69) is 0 Å². The average Bonchev–Trinajstić information content (AvgIpc) is 1.96. The lowest BCUT2D eigenvalue weighted by molar-refractivity contribution is 0.462. The van der Waals surface area contributed by atoms with E-state index in [1.54, 1.807) is 0 Å². The molecule has 0 saturated heterocycles. The quantitative estimate of drug-likeness (QED) is 0.795. The SMILES string of the molecule is O=S(=O)(O)Cc1cc(Cl)cc(Cl)c1O. The lowest BCUT2D eigenvalue weighted by atomic mass is 10.2. The summed E-state index contributed by atoms with van der Waals surface area (Å²) >= 11 is 11.1. The van der Waals surface area contributed by atoms with Crippen LogP contribution in [0.2, 0.25) is 10.0 Å². The third-order valence-electron chi connectivity index (χ3n) is 1.45. The standard InChI is InChI=1S/C7H6Cl2O4S/c8-5-1-4(3-14(11,12)13)7(10)6(9)2-5/h1-2,10H,3H2,(H,11,12,13). The molecular formula is C7H6Cl2O4S. The zero-order chi connectivity index (χ0) is 10.9. The molecular weight excluding hydrogens is 251 g/mol. The van der Waals surface area contributed by atoms with Gasteiger partial charge >= 0.3 is 0 Å². The molecule has 0 aromatic heterocycles. The number of phenols is 1. The molecule has 0 bridgehead atoms. The second-order valence-corrected chi connectivity index (χ2v) is 4.92. The van der Waals surface area contributed by atoms with Gasteiger partial charge in [-0.3, -0.25) is 4.55 Å². The molecule has 0 amide bonds. The Hall–Kier alpha value is -0.490. The fourth-order valence-electron chi connectivity index (χ4n) is 0.926. The minimum Gasteiger partial charge on any atom is -0.506 e. The largest absolute Gasteiger partial charge is 0.506 e. The van der Waals surface area contributed by atoms with E-state index >= 15 is 0 Å². The molecule has 0 aliphatic heterocycles. The van der Waals surface area contributed by atoms with E-state index in [-0.39, 0.29) is 15.6 Å². The smallest absolute Gasteiger partial charge is 0.269 e. The highest BCUT2D eigenvalue weighted by atomic mass is 35.5. The molecule has 4 nitrogen and oxygen atoms in total. The van der Waals surface area contributed by atoms with Crippen molar-refractivity contribution in [2.75, 3.05) is 0 Å². The average molecular weight is 257 g/mol. The zero-order valence-electron chi connectivity index (χ0n) is 6.74. The topological polar surface area (TPSA) is 74.6 Å². The Kier molecular flexibility index (Phi) is 3.26.